The molecule has 2 rings (SSSR count). The van der Waals surface area contributed by atoms with Crippen LogP contribution in [0, 0.1) is 5.92 Å². The number of benzene rings is 1. The number of Topliss-reactive ketones (excluding diaryl/α,β-unsaturated/α-hetero) is 1. The van der Waals surface area contributed by atoms with Crippen molar-refractivity contribution in [3.8, 4) is 5.75 Å². The largest absolute Gasteiger partial charge is 0.478 e. The third-order valence-corrected chi connectivity index (χ3v) is 4.19. The van der Waals surface area contributed by atoms with Gasteiger partial charge in [-0.05, 0) is 24.1 Å². The Morgan fingerprint density at radius 2 is 2.08 bits per heavy atom. The highest BCUT2D eigenvalue weighted by atomic mass is 16.5. The average Bonchev–Trinajstić information content (AvgIpc) is 2.62. The molecule has 1 unspecified atom stereocenters. The molecule has 1 N–H and O–H groups in total. The van der Waals surface area contributed by atoms with Gasteiger partial charge in [0.15, 0.2) is 11.9 Å². The molecular formula is C19H26N2O5. The number of carbonyl (C=O) groups is 3. The van der Waals surface area contributed by atoms with Crippen LogP contribution in [0.3, 0.4) is 0 Å². The molecule has 0 spiro atoms. The minimum Gasteiger partial charge on any atom is -0.478 e. The zero-order valence-electron chi connectivity index (χ0n) is 15.7. The zero-order chi connectivity index (χ0) is 19.3. The minimum absolute atomic E-state index is 0.0317. The summed E-state index contributed by atoms with van der Waals surface area (Å²) < 4.78 is 10.7. The molecule has 7 nitrogen and oxygen atoms in total. The fourth-order valence-electron chi connectivity index (χ4n) is 2.74. The highest BCUT2D eigenvalue weighted by Crippen LogP contribution is 2.36. The van der Waals surface area contributed by atoms with Gasteiger partial charge in [0.1, 0.15) is 12.3 Å². The first kappa shape index (κ1) is 19.9. The highest BCUT2D eigenvalue weighted by molar-refractivity contribution is 6.05. The topological polar surface area (TPSA) is 84.9 Å². The summed E-state index contributed by atoms with van der Waals surface area (Å²) in [4.78, 5) is 38.5. The molecule has 0 bridgehead atoms. The molecule has 0 saturated heterocycles. The van der Waals surface area contributed by atoms with E-state index in [0.29, 0.717) is 36.6 Å². The maximum atomic E-state index is 12.9. The van der Waals surface area contributed by atoms with Crippen molar-refractivity contribution in [1.82, 2.24) is 5.32 Å². The van der Waals surface area contributed by atoms with Crippen molar-refractivity contribution >= 4 is 23.3 Å². The Bertz CT molecular complexity index is 687. The first-order valence-corrected chi connectivity index (χ1v) is 8.80. The summed E-state index contributed by atoms with van der Waals surface area (Å²) in [6, 6.07) is 5.00. The van der Waals surface area contributed by atoms with E-state index in [4.69, 9.17) is 9.47 Å². The summed E-state index contributed by atoms with van der Waals surface area (Å²) in [6.45, 7) is 6.18. The van der Waals surface area contributed by atoms with Crippen LogP contribution in [-0.4, -0.2) is 50.5 Å². The lowest BCUT2D eigenvalue weighted by Crippen LogP contribution is -2.51. The number of hydrogen-bond acceptors (Lipinski definition) is 5. The third-order valence-electron chi connectivity index (χ3n) is 4.19. The van der Waals surface area contributed by atoms with Gasteiger partial charge in [0.2, 0.25) is 5.91 Å². The monoisotopic (exact) mass is 362 g/mol. The van der Waals surface area contributed by atoms with E-state index in [1.54, 1.807) is 32.2 Å². The van der Waals surface area contributed by atoms with Crippen LogP contribution < -0.4 is 15.0 Å². The van der Waals surface area contributed by atoms with E-state index in [0.717, 1.165) is 0 Å². The van der Waals surface area contributed by atoms with Crippen LogP contribution in [0.15, 0.2) is 18.2 Å². The Labute approximate surface area is 153 Å². The predicted octanol–water partition coefficient (Wildman–Crippen LogP) is 1.79. The number of methoxy groups -OCH3 is 1. The van der Waals surface area contributed by atoms with E-state index in [-0.39, 0.29) is 30.1 Å². The van der Waals surface area contributed by atoms with Crippen LogP contribution >= 0.6 is 0 Å². The van der Waals surface area contributed by atoms with Crippen LogP contribution in [0.2, 0.25) is 0 Å². The molecule has 0 radical (unpaired) electrons. The van der Waals surface area contributed by atoms with E-state index in [9.17, 15) is 14.4 Å². The molecule has 2 amide bonds. The van der Waals surface area contributed by atoms with Crippen molar-refractivity contribution in [1.29, 1.82) is 0 Å². The smallest absolute Gasteiger partial charge is 0.268 e. The van der Waals surface area contributed by atoms with Crippen molar-refractivity contribution in [2.75, 3.05) is 31.7 Å². The van der Waals surface area contributed by atoms with Crippen LogP contribution in [0.5, 0.6) is 5.75 Å². The normalized spacial score (nSPS) is 16.3. The molecule has 7 heteroatoms. The Morgan fingerprint density at radius 3 is 2.69 bits per heavy atom. The van der Waals surface area contributed by atoms with E-state index in [2.05, 4.69) is 5.32 Å². The van der Waals surface area contributed by atoms with Gasteiger partial charge in [-0.15, -0.1) is 0 Å². The Kier molecular flexibility index (Phi) is 6.74. The summed E-state index contributed by atoms with van der Waals surface area (Å²) >= 11 is 0. The molecule has 0 aromatic heterocycles. The van der Waals surface area contributed by atoms with E-state index >= 15 is 0 Å². The number of amides is 2. The number of carbonyl (C=O) groups excluding carboxylic acids is 3. The first-order valence-electron chi connectivity index (χ1n) is 8.80. The molecule has 0 saturated carbocycles. The number of nitrogens with zero attached hydrogens (tertiary/aromatic N) is 1. The van der Waals surface area contributed by atoms with Gasteiger partial charge in [-0.3, -0.25) is 19.3 Å². The summed E-state index contributed by atoms with van der Waals surface area (Å²) in [5.41, 5.74) is 0.948. The Hall–Kier alpha value is -2.41. The van der Waals surface area contributed by atoms with E-state index in [1.807, 2.05) is 13.8 Å². The Balaban J connectivity index is 2.32. The minimum atomic E-state index is -0.665. The molecule has 142 valence electrons. The van der Waals surface area contributed by atoms with Crippen molar-refractivity contribution < 1.29 is 23.9 Å². The zero-order valence-corrected chi connectivity index (χ0v) is 15.7. The number of hydrogen-bond donors (Lipinski definition) is 1. The van der Waals surface area contributed by atoms with Gasteiger partial charge in [0, 0.05) is 25.6 Å². The number of ketones is 1. The summed E-state index contributed by atoms with van der Waals surface area (Å²) in [6.07, 6.45) is -0.304. The maximum Gasteiger partial charge on any atom is 0.268 e. The lowest BCUT2D eigenvalue weighted by Gasteiger charge is -2.35. The van der Waals surface area contributed by atoms with Crippen LogP contribution in [-0.2, 0) is 14.3 Å². The molecule has 1 heterocycles. The van der Waals surface area contributed by atoms with E-state index < -0.39 is 6.10 Å². The van der Waals surface area contributed by atoms with Crippen LogP contribution in [0.4, 0.5) is 5.69 Å². The second-order valence-corrected chi connectivity index (χ2v) is 6.51. The summed E-state index contributed by atoms with van der Waals surface area (Å²) in [7, 11) is 1.55. The third kappa shape index (κ3) is 4.40. The standard InChI is InChI=1S/C19H26N2O5/c1-5-15(22)13-6-7-16-14(10-13)21(11-17(23)20-8-9-25-4)19(24)18(26-16)12(2)3/h6-7,10,12,18H,5,8-9,11H2,1-4H3,(H,20,23). The quantitative estimate of drug-likeness (QED) is 0.563. The number of fused-ring (bicyclic) bond motifs is 1. The van der Waals surface area contributed by atoms with Gasteiger partial charge in [-0.1, -0.05) is 20.8 Å². The van der Waals surface area contributed by atoms with Gasteiger partial charge in [0.25, 0.3) is 5.91 Å². The molecule has 26 heavy (non-hydrogen) atoms. The molecule has 0 aliphatic carbocycles. The average molecular weight is 362 g/mol. The molecule has 1 atom stereocenters. The fraction of sp³-hybridized carbons (Fsp3) is 0.526. The van der Waals surface area contributed by atoms with Crippen molar-refractivity contribution in [2.45, 2.75) is 33.3 Å². The number of rotatable bonds is 8. The summed E-state index contributed by atoms with van der Waals surface area (Å²) in [5, 5.41) is 2.71. The number of ether oxygens (including phenoxy) is 2. The van der Waals surface area contributed by atoms with Gasteiger partial charge >= 0.3 is 0 Å². The van der Waals surface area contributed by atoms with Gasteiger partial charge in [-0.25, -0.2) is 0 Å². The number of anilines is 1. The first-order chi connectivity index (χ1) is 12.4. The second-order valence-electron chi connectivity index (χ2n) is 6.51. The summed E-state index contributed by atoms with van der Waals surface area (Å²) in [5.74, 6) is -0.156. The van der Waals surface area contributed by atoms with Crippen molar-refractivity contribution in [2.24, 2.45) is 5.92 Å². The maximum absolute atomic E-state index is 12.9. The molecule has 1 aliphatic heterocycles. The molecule has 0 fully saturated rings. The highest BCUT2D eigenvalue weighted by Gasteiger charge is 2.37. The lowest BCUT2D eigenvalue weighted by atomic mass is 10.0. The Morgan fingerprint density at radius 1 is 1.35 bits per heavy atom. The molecule has 1 aliphatic rings. The number of nitrogens with one attached hydrogen (secondary N) is 1. The van der Waals surface area contributed by atoms with Gasteiger partial charge in [0.05, 0.1) is 12.3 Å². The molecule has 1 aromatic rings. The second kappa shape index (κ2) is 8.80. The van der Waals surface area contributed by atoms with Gasteiger partial charge in [-0.2, -0.15) is 0 Å². The molecule has 1 aromatic carbocycles. The van der Waals surface area contributed by atoms with Crippen molar-refractivity contribution in [3.63, 3.8) is 0 Å². The lowest BCUT2D eigenvalue weighted by molar-refractivity contribution is -0.130. The van der Waals surface area contributed by atoms with Crippen LogP contribution in [0.1, 0.15) is 37.6 Å². The predicted molar refractivity (Wildman–Crippen MR) is 97.6 cm³/mol. The van der Waals surface area contributed by atoms with Crippen molar-refractivity contribution in [3.05, 3.63) is 23.8 Å². The fourth-order valence-corrected chi connectivity index (χ4v) is 2.74. The SMILES string of the molecule is CCC(=O)c1ccc2c(c1)N(CC(=O)NCCOC)C(=O)C(C(C)C)O2. The molecular weight excluding hydrogens is 336 g/mol. The van der Waals surface area contributed by atoms with Crippen LogP contribution in [0.25, 0.3) is 0 Å². The van der Waals surface area contributed by atoms with Gasteiger partial charge < -0.3 is 14.8 Å². The van der Waals surface area contributed by atoms with E-state index in [1.165, 1.54) is 4.90 Å².